The molecule has 0 spiro atoms. The number of guanidine groups is 1. The Labute approximate surface area is 94.8 Å². The van der Waals surface area contributed by atoms with E-state index in [4.69, 9.17) is 5.73 Å². The standard InChI is InChI=1S/C12H16FN3/c1-2-4-11-8-15-12(14)16(11)10-6-3-5-9(13)7-10/h3,5-7,11H,2,4,8H2,1H3,(H2,14,15). The highest BCUT2D eigenvalue weighted by molar-refractivity contribution is 5.97. The first kappa shape index (κ1) is 10.9. The molecule has 0 saturated carbocycles. The molecule has 1 aromatic carbocycles. The highest BCUT2D eigenvalue weighted by Gasteiger charge is 2.26. The zero-order valence-electron chi connectivity index (χ0n) is 9.36. The molecule has 1 aliphatic rings. The second-order valence-electron chi connectivity index (χ2n) is 3.99. The molecule has 1 unspecified atom stereocenters. The largest absolute Gasteiger partial charge is 0.370 e. The van der Waals surface area contributed by atoms with Crippen LogP contribution in [0.15, 0.2) is 29.3 Å². The molecule has 0 aliphatic carbocycles. The Morgan fingerprint density at radius 1 is 1.56 bits per heavy atom. The lowest BCUT2D eigenvalue weighted by Crippen LogP contribution is -2.40. The van der Waals surface area contributed by atoms with Gasteiger partial charge in [-0.05, 0) is 24.6 Å². The van der Waals surface area contributed by atoms with Gasteiger partial charge in [-0.1, -0.05) is 19.4 Å². The second-order valence-corrected chi connectivity index (χ2v) is 3.99. The molecule has 0 amide bonds. The van der Waals surface area contributed by atoms with Crippen LogP contribution in [0, 0.1) is 5.82 Å². The van der Waals surface area contributed by atoms with Crippen molar-refractivity contribution in [2.75, 3.05) is 11.4 Å². The van der Waals surface area contributed by atoms with Gasteiger partial charge in [-0.15, -0.1) is 0 Å². The minimum Gasteiger partial charge on any atom is -0.370 e. The van der Waals surface area contributed by atoms with Crippen LogP contribution in [0.5, 0.6) is 0 Å². The van der Waals surface area contributed by atoms with Crippen LogP contribution < -0.4 is 10.6 Å². The molecule has 0 bridgehead atoms. The zero-order valence-corrected chi connectivity index (χ0v) is 9.36. The Hall–Kier alpha value is -1.58. The Morgan fingerprint density at radius 3 is 3.06 bits per heavy atom. The van der Waals surface area contributed by atoms with Crippen LogP contribution in [0.2, 0.25) is 0 Å². The Bertz CT molecular complexity index is 403. The summed E-state index contributed by atoms with van der Waals surface area (Å²) in [5.74, 6) is 0.247. The maximum absolute atomic E-state index is 13.2. The van der Waals surface area contributed by atoms with Gasteiger partial charge in [0.2, 0.25) is 0 Å². The van der Waals surface area contributed by atoms with Crippen molar-refractivity contribution in [3.05, 3.63) is 30.1 Å². The van der Waals surface area contributed by atoms with E-state index in [0.717, 1.165) is 18.5 Å². The first-order valence-electron chi connectivity index (χ1n) is 5.57. The predicted octanol–water partition coefficient (Wildman–Crippen LogP) is 2.13. The molecule has 86 valence electrons. The molecule has 0 fully saturated rings. The highest BCUT2D eigenvalue weighted by Crippen LogP contribution is 2.23. The molecule has 2 rings (SSSR count). The molecule has 0 saturated heterocycles. The second kappa shape index (κ2) is 4.51. The van der Waals surface area contributed by atoms with Crippen molar-refractivity contribution in [2.45, 2.75) is 25.8 Å². The number of hydrogen-bond acceptors (Lipinski definition) is 3. The van der Waals surface area contributed by atoms with E-state index in [9.17, 15) is 4.39 Å². The van der Waals surface area contributed by atoms with Crippen molar-refractivity contribution in [1.29, 1.82) is 0 Å². The predicted molar refractivity (Wildman–Crippen MR) is 64.1 cm³/mol. The van der Waals surface area contributed by atoms with Gasteiger partial charge in [0.1, 0.15) is 5.82 Å². The van der Waals surface area contributed by atoms with E-state index in [2.05, 4.69) is 11.9 Å². The summed E-state index contributed by atoms with van der Waals surface area (Å²) in [6.07, 6.45) is 2.08. The number of hydrogen-bond donors (Lipinski definition) is 1. The number of rotatable bonds is 3. The summed E-state index contributed by atoms with van der Waals surface area (Å²) in [6.45, 7) is 2.83. The molecule has 1 aromatic rings. The smallest absolute Gasteiger partial charge is 0.196 e. The Balaban J connectivity index is 2.26. The quantitative estimate of drug-likeness (QED) is 0.849. The van der Waals surface area contributed by atoms with Crippen molar-refractivity contribution in [3.63, 3.8) is 0 Å². The van der Waals surface area contributed by atoms with Gasteiger partial charge in [-0.3, -0.25) is 4.99 Å². The summed E-state index contributed by atoms with van der Waals surface area (Å²) < 4.78 is 13.2. The maximum Gasteiger partial charge on any atom is 0.196 e. The molecule has 2 N–H and O–H groups in total. The van der Waals surface area contributed by atoms with Gasteiger partial charge in [-0.25, -0.2) is 4.39 Å². The highest BCUT2D eigenvalue weighted by atomic mass is 19.1. The van der Waals surface area contributed by atoms with E-state index in [1.165, 1.54) is 12.1 Å². The van der Waals surface area contributed by atoms with Crippen LogP contribution in [0.25, 0.3) is 0 Å². The monoisotopic (exact) mass is 221 g/mol. The minimum absolute atomic E-state index is 0.243. The van der Waals surface area contributed by atoms with Crippen LogP contribution in [-0.4, -0.2) is 18.5 Å². The van der Waals surface area contributed by atoms with Gasteiger partial charge in [0.15, 0.2) is 5.96 Å². The lowest BCUT2D eigenvalue weighted by Gasteiger charge is -2.26. The normalized spacial score (nSPS) is 20.0. The van der Waals surface area contributed by atoms with Gasteiger partial charge < -0.3 is 10.6 Å². The summed E-state index contributed by atoms with van der Waals surface area (Å²) in [4.78, 5) is 6.14. The number of anilines is 1. The summed E-state index contributed by atoms with van der Waals surface area (Å²) in [7, 11) is 0. The molecule has 0 aromatic heterocycles. The molecule has 1 atom stereocenters. The molecule has 1 aliphatic heterocycles. The average Bonchev–Trinajstić information content (AvgIpc) is 2.60. The molecular weight excluding hydrogens is 205 g/mol. The first-order chi connectivity index (χ1) is 7.72. The third-order valence-corrected chi connectivity index (χ3v) is 2.78. The molecule has 0 radical (unpaired) electrons. The maximum atomic E-state index is 13.2. The topological polar surface area (TPSA) is 41.6 Å². The lowest BCUT2D eigenvalue weighted by atomic mass is 10.1. The van der Waals surface area contributed by atoms with Crippen molar-refractivity contribution < 1.29 is 4.39 Å². The van der Waals surface area contributed by atoms with Crippen molar-refractivity contribution >= 4 is 11.6 Å². The van der Waals surface area contributed by atoms with Gasteiger partial charge in [0.25, 0.3) is 0 Å². The lowest BCUT2D eigenvalue weighted by molar-refractivity contribution is 0.617. The number of aliphatic imine (C=N–C) groups is 1. The van der Waals surface area contributed by atoms with Gasteiger partial charge in [0.05, 0.1) is 12.6 Å². The molecule has 3 nitrogen and oxygen atoms in total. The third kappa shape index (κ3) is 2.01. The van der Waals surface area contributed by atoms with Crippen LogP contribution >= 0.6 is 0 Å². The molecule has 16 heavy (non-hydrogen) atoms. The fraction of sp³-hybridized carbons (Fsp3) is 0.417. The van der Waals surface area contributed by atoms with Crippen molar-refractivity contribution in [3.8, 4) is 0 Å². The molecule has 1 heterocycles. The number of nitrogens with zero attached hydrogens (tertiary/aromatic N) is 2. The van der Waals surface area contributed by atoms with E-state index in [1.807, 2.05) is 11.0 Å². The third-order valence-electron chi connectivity index (χ3n) is 2.78. The molecule has 4 heteroatoms. The molecular formula is C12H16FN3. The Kier molecular flexibility index (Phi) is 3.08. The van der Waals surface area contributed by atoms with Crippen LogP contribution in [0.4, 0.5) is 10.1 Å². The van der Waals surface area contributed by atoms with E-state index in [1.54, 1.807) is 6.07 Å². The Morgan fingerprint density at radius 2 is 2.38 bits per heavy atom. The fourth-order valence-electron chi connectivity index (χ4n) is 2.07. The van der Waals surface area contributed by atoms with E-state index >= 15 is 0 Å². The summed E-state index contributed by atoms with van der Waals surface area (Å²) in [5, 5.41) is 0. The van der Waals surface area contributed by atoms with Crippen LogP contribution in [0.1, 0.15) is 19.8 Å². The van der Waals surface area contributed by atoms with E-state index < -0.39 is 0 Å². The van der Waals surface area contributed by atoms with Gasteiger partial charge in [0, 0.05) is 5.69 Å². The summed E-state index contributed by atoms with van der Waals surface area (Å²) in [6, 6.07) is 6.75. The number of halogens is 1. The van der Waals surface area contributed by atoms with E-state index in [-0.39, 0.29) is 11.9 Å². The van der Waals surface area contributed by atoms with E-state index in [0.29, 0.717) is 12.5 Å². The number of benzene rings is 1. The number of nitrogens with two attached hydrogens (primary N) is 1. The van der Waals surface area contributed by atoms with Crippen molar-refractivity contribution in [2.24, 2.45) is 10.7 Å². The first-order valence-corrected chi connectivity index (χ1v) is 5.57. The summed E-state index contributed by atoms with van der Waals surface area (Å²) in [5.41, 5.74) is 6.62. The summed E-state index contributed by atoms with van der Waals surface area (Å²) >= 11 is 0. The fourth-order valence-corrected chi connectivity index (χ4v) is 2.07. The van der Waals surface area contributed by atoms with Crippen molar-refractivity contribution in [1.82, 2.24) is 0 Å². The SMILES string of the molecule is CCCC1CN=C(N)N1c1cccc(F)c1. The van der Waals surface area contributed by atoms with Crippen LogP contribution in [-0.2, 0) is 0 Å². The minimum atomic E-state index is -0.243. The zero-order chi connectivity index (χ0) is 11.5. The van der Waals surface area contributed by atoms with Crippen LogP contribution in [0.3, 0.4) is 0 Å². The van der Waals surface area contributed by atoms with Gasteiger partial charge >= 0.3 is 0 Å². The van der Waals surface area contributed by atoms with Gasteiger partial charge in [-0.2, -0.15) is 0 Å². The average molecular weight is 221 g/mol.